The van der Waals surface area contributed by atoms with Gasteiger partial charge in [0.25, 0.3) is 5.91 Å². The van der Waals surface area contributed by atoms with Gasteiger partial charge in [0.05, 0.1) is 18.4 Å². The number of carbonyl (C=O) groups is 2. The van der Waals surface area contributed by atoms with Crippen molar-refractivity contribution in [1.82, 2.24) is 0 Å². The van der Waals surface area contributed by atoms with Gasteiger partial charge >= 0.3 is 5.97 Å². The topological polar surface area (TPSA) is 64.6 Å². The van der Waals surface area contributed by atoms with Gasteiger partial charge in [-0.15, -0.1) is 0 Å². The predicted molar refractivity (Wildman–Crippen MR) is 83.7 cm³/mol. The second-order valence-corrected chi connectivity index (χ2v) is 4.82. The molecule has 0 heterocycles. The third-order valence-corrected chi connectivity index (χ3v) is 3.03. The molecular formula is C16H14ClNO4. The number of anilines is 1. The summed E-state index contributed by atoms with van der Waals surface area (Å²) < 4.78 is 10.2. The van der Waals surface area contributed by atoms with Gasteiger partial charge in [-0.2, -0.15) is 0 Å². The van der Waals surface area contributed by atoms with Gasteiger partial charge < -0.3 is 14.8 Å². The molecule has 0 atom stereocenters. The van der Waals surface area contributed by atoms with Crippen molar-refractivity contribution in [2.24, 2.45) is 0 Å². The van der Waals surface area contributed by atoms with Crippen molar-refractivity contribution < 1.29 is 19.1 Å². The molecule has 22 heavy (non-hydrogen) atoms. The minimum Gasteiger partial charge on any atom is -0.495 e. The Morgan fingerprint density at radius 1 is 1.09 bits per heavy atom. The van der Waals surface area contributed by atoms with E-state index in [9.17, 15) is 9.59 Å². The monoisotopic (exact) mass is 319 g/mol. The van der Waals surface area contributed by atoms with Crippen LogP contribution >= 0.6 is 11.6 Å². The molecule has 2 aromatic carbocycles. The first-order valence-electron chi connectivity index (χ1n) is 6.43. The van der Waals surface area contributed by atoms with Gasteiger partial charge in [0, 0.05) is 11.9 Å². The van der Waals surface area contributed by atoms with E-state index in [-0.39, 0.29) is 11.3 Å². The minimum atomic E-state index is -0.499. The lowest BCUT2D eigenvalue weighted by molar-refractivity contribution is -0.131. The Morgan fingerprint density at radius 2 is 1.82 bits per heavy atom. The summed E-state index contributed by atoms with van der Waals surface area (Å²) in [5.41, 5.74) is 0.664. The molecular weight excluding hydrogens is 306 g/mol. The molecule has 6 heteroatoms. The number of benzene rings is 2. The molecule has 0 bridgehead atoms. The van der Waals surface area contributed by atoms with Crippen LogP contribution in [-0.4, -0.2) is 19.0 Å². The number of rotatable bonds is 4. The molecule has 0 unspecified atom stereocenters. The van der Waals surface area contributed by atoms with E-state index in [1.165, 1.54) is 14.0 Å². The summed E-state index contributed by atoms with van der Waals surface area (Å²) in [7, 11) is 1.49. The Balaban J connectivity index is 2.30. The van der Waals surface area contributed by atoms with Crippen molar-refractivity contribution in [3.63, 3.8) is 0 Å². The normalized spacial score (nSPS) is 9.95. The fourth-order valence-electron chi connectivity index (χ4n) is 1.87. The number of hydrogen-bond donors (Lipinski definition) is 1. The summed E-state index contributed by atoms with van der Waals surface area (Å²) >= 11 is 5.93. The minimum absolute atomic E-state index is 0.188. The van der Waals surface area contributed by atoms with Gasteiger partial charge in [0.2, 0.25) is 0 Å². The summed E-state index contributed by atoms with van der Waals surface area (Å²) in [5, 5.41) is 3.15. The number of amides is 1. The van der Waals surface area contributed by atoms with E-state index < -0.39 is 11.9 Å². The largest absolute Gasteiger partial charge is 0.495 e. The standard InChI is InChI=1S/C16H14ClNO4/c1-10(19)22-14-6-4-3-5-12(14)16(20)18-13-9-11(17)7-8-15(13)21-2/h3-9H,1-2H3,(H,18,20). The van der Waals surface area contributed by atoms with Crippen molar-refractivity contribution >= 4 is 29.2 Å². The van der Waals surface area contributed by atoms with Crippen LogP contribution in [-0.2, 0) is 4.79 Å². The number of carbonyl (C=O) groups excluding carboxylic acids is 2. The molecule has 0 aliphatic rings. The highest BCUT2D eigenvalue weighted by Gasteiger charge is 2.15. The maximum atomic E-state index is 12.4. The second-order valence-electron chi connectivity index (χ2n) is 4.39. The summed E-state index contributed by atoms with van der Waals surface area (Å²) in [5.74, 6) is -0.269. The average molecular weight is 320 g/mol. The van der Waals surface area contributed by atoms with Gasteiger partial charge in [-0.1, -0.05) is 23.7 Å². The number of para-hydroxylation sites is 1. The zero-order valence-corrected chi connectivity index (χ0v) is 12.8. The lowest BCUT2D eigenvalue weighted by Crippen LogP contribution is -2.15. The molecule has 0 aliphatic heterocycles. The number of halogens is 1. The van der Waals surface area contributed by atoms with Crippen LogP contribution in [0.1, 0.15) is 17.3 Å². The first-order chi connectivity index (χ1) is 10.5. The second kappa shape index (κ2) is 6.95. The molecule has 0 aromatic heterocycles. The third-order valence-electron chi connectivity index (χ3n) is 2.80. The molecule has 0 spiro atoms. The van der Waals surface area contributed by atoms with Crippen LogP contribution in [0.5, 0.6) is 11.5 Å². The van der Waals surface area contributed by atoms with Crippen molar-refractivity contribution in [2.45, 2.75) is 6.92 Å². The summed E-state index contributed by atoms with van der Waals surface area (Å²) in [6.45, 7) is 1.27. The molecule has 2 rings (SSSR count). The Kier molecular flexibility index (Phi) is 5.01. The van der Waals surface area contributed by atoms with Gasteiger partial charge in [-0.25, -0.2) is 0 Å². The van der Waals surface area contributed by atoms with E-state index in [0.29, 0.717) is 16.5 Å². The fourth-order valence-corrected chi connectivity index (χ4v) is 2.04. The first-order valence-corrected chi connectivity index (χ1v) is 6.81. The van der Waals surface area contributed by atoms with E-state index in [2.05, 4.69) is 5.32 Å². The number of hydrogen-bond acceptors (Lipinski definition) is 4. The van der Waals surface area contributed by atoms with E-state index in [4.69, 9.17) is 21.1 Å². The van der Waals surface area contributed by atoms with Crippen molar-refractivity contribution in [2.75, 3.05) is 12.4 Å². The Hall–Kier alpha value is -2.53. The van der Waals surface area contributed by atoms with E-state index in [1.54, 1.807) is 42.5 Å². The fraction of sp³-hybridized carbons (Fsp3) is 0.125. The van der Waals surface area contributed by atoms with Crippen molar-refractivity contribution in [3.8, 4) is 11.5 Å². The smallest absolute Gasteiger partial charge is 0.308 e. The number of ether oxygens (including phenoxy) is 2. The molecule has 2 aromatic rings. The highest BCUT2D eigenvalue weighted by atomic mass is 35.5. The SMILES string of the molecule is COc1ccc(Cl)cc1NC(=O)c1ccccc1OC(C)=O. The van der Waals surface area contributed by atoms with Gasteiger partial charge in [-0.3, -0.25) is 9.59 Å². The van der Waals surface area contributed by atoms with E-state index in [0.717, 1.165) is 0 Å². The Labute approximate surface area is 132 Å². The number of nitrogens with one attached hydrogen (secondary N) is 1. The molecule has 1 amide bonds. The van der Waals surface area contributed by atoms with Crippen LogP contribution < -0.4 is 14.8 Å². The molecule has 0 saturated heterocycles. The molecule has 0 aliphatic carbocycles. The van der Waals surface area contributed by atoms with Gasteiger partial charge in [-0.05, 0) is 30.3 Å². The Bertz CT molecular complexity index is 715. The van der Waals surface area contributed by atoms with Crippen LogP contribution in [0.2, 0.25) is 5.02 Å². The maximum Gasteiger partial charge on any atom is 0.308 e. The summed E-state index contributed by atoms with van der Waals surface area (Å²) in [4.78, 5) is 23.5. The zero-order valence-electron chi connectivity index (χ0n) is 12.1. The molecule has 1 N–H and O–H groups in total. The zero-order chi connectivity index (χ0) is 16.1. The molecule has 5 nitrogen and oxygen atoms in total. The lowest BCUT2D eigenvalue weighted by Gasteiger charge is -2.12. The molecule has 0 fully saturated rings. The lowest BCUT2D eigenvalue weighted by atomic mass is 10.1. The predicted octanol–water partition coefficient (Wildman–Crippen LogP) is 3.53. The van der Waals surface area contributed by atoms with Crippen LogP contribution in [0.4, 0.5) is 5.69 Å². The van der Waals surface area contributed by atoms with Gasteiger partial charge in [0.15, 0.2) is 0 Å². The molecule has 0 radical (unpaired) electrons. The number of esters is 1. The van der Waals surface area contributed by atoms with Crippen LogP contribution in [0.3, 0.4) is 0 Å². The van der Waals surface area contributed by atoms with Crippen LogP contribution in [0.25, 0.3) is 0 Å². The Morgan fingerprint density at radius 3 is 2.50 bits per heavy atom. The maximum absolute atomic E-state index is 12.4. The third kappa shape index (κ3) is 3.77. The average Bonchev–Trinajstić information content (AvgIpc) is 2.47. The highest BCUT2D eigenvalue weighted by Crippen LogP contribution is 2.29. The van der Waals surface area contributed by atoms with Gasteiger partial charge in [0.1, 0.15) is 11.5 Å². The molecule has 114 valence electrons. The molecule has 0 saturated carbocycles. The van der Waals surface area contributed by atoms with Crippen LogP contribution in [0.15, 0.2) is 42.5 Å². The summed E-state index contributed by atoms with van der Waals surface area (Å²) in [6, 6.07) is 11.3. The first kappa shape index (κ1) is 15.9. The van der Waals surface area contributed by atoms with Crippen LogP contribution in [0, 0.1) is 0 Å². The number of methoxy groups -OCH3 is 1. The van der Waals surface area contributed by atoms with Crippen molar-refractivity contribution in [3.05, 3.63) is 53.1 Å². The highest BCUT2D eigenvalue weighted by molar-refractivity contribution is 6.31. The van der Waals surface area contributed by atoms with E-state index >= 15 is 0 Å². The quantitative estimate of drug-likeness (QED) is 0.691. The van der Waals surface area contributed by atoms with E-state index in [1.807, 2.05) is 0 Å². The summed E-state index contributed by atoms with van der Waals surface area (Å²) in [6.07, 6.45) is 0. The van der Waals surface area contributed by atoms with Crippen molar-refractivity contribution in [1.29, 1.82) is 0 Å².